The number of pyridine rings is 1. The number of aromatic nitrogens is 1. The van der Waals surface area contributed by atoms with E-state index in [0.29, 0.717) is 6.04 Å². The van der Waals surface area contributed by atoms with Gasteiger partial charge in [-0.3, -0.25) is 9.88 Å². The molecule has 1 N–H and O–H groups in total. The van der Waals surface area contributed by atoms with E-state index in [0.717, 1.165) is 13.1 Å². The minimum absolute atomic E-state index is 0. The molecule has 2 rings (SSSR count). The molecule has 1 aliphatic rings. The van der Waals surface area contributed by atoms with Gasteiger partial charge < -0.3 is 5.32 Å². The largest absolute Gasteiger partial charge is 0.317 e. The summed E-state index contributed by atoms with van der Waals surface area (Å²) < 4.78 is 0. The Morgan fingerprint density at radius 3 is 2.89 bits per heavy atom. The Morgan fingerprint density at radius 2 is 2.17 bits per heavy atom. The molecule has 0 aromatic carbocycles. The zero-order valence-corrected chi connectivity index (χ0v) is 12.2. The maximum absolute atomic E-state index is 4.48. The summed E-state index contributed by atoms with van der Waals surface area (Å²) in [6.07, 6.45) is 5.80. The van der Waals surface area contributed by atoms with E-state index < -0.39 is 0 Å². The van der Waals surface area contributed by atoms with Crippen LogP contribution in [0.25, 0.3) is 0 Å². The van der Waals surface area contributed by atoms with E-state index in [4.69, 9.17) is 0 Å². The molecule has 1 unspecified atom stereocenters. The quantitative estimate of drug-likeness (QED) is 0.913. The van der Waals surface area contributed by atoms with Crippen LogP contribution in [0.2, 0.25) is 0 Å². The number of halogens is 1. The van der Waals surface area contributed by atoms with Crippen LogP contribution < -0.4 is 5.32 Å². The number of hydrogen-bond acceptors (Lipinski definition) is 3. The Morgan fingerprint density at radius 1 is 1.33 bits per heavy atom. The first-order chi connectivity index (χ1) is 8.25. The van der Waals surface area contributed by atoms with Crippen LogP contribution in [0, 0.1) is 6.92 Å². The number of nitrogens with one attached hydrogen (secondary N) is 1. The van der Waals surface area contributed by atoms with Crippen LogP contribution in [-0.4, -0.2) is 36.1 Å². The summed E-state index contributed by atoms with van der Waals surface area (Å²) >= 11 is 0. The van der Waals surface area contributed by atoms with Gasteiger partial charge in [-0.15, -0.1) is 12.4 Å². The van der Waals surface area contributed by atoms with Crippen molar-refractivity contribution >= 4 is 12.4 Å². The molecule has 1 aromatic heterocycles. The van der Waals surface area contributed by atoms with Crippen LogP contribution >= 0.6 is 12.4 Å². The molecule has 3 nitrogen and oxygen atoms in total. The molecule has 0 bridgehead atoms. The third-order valence-electron chi connectivity index (χ3n) is 3.55. The van der Waals surface area contributed by atoms with Crippen LogP contribution in [-0.2, 0) is 6.54 Å². The maximum Gasteiger partial charge on any atom is 0.0544 e. The lowest BCUT2D eigenvalue weighted by Gasteiger charge is -2.26. The van der Waals surface area contributed by atoms with E-state index in [1.54, 1.807) is 0 Å². The molecule has 1 aromatic rings. The Kier molecular flexibility index (Phi) is 6.61. The van der Waals surface area contributed by atoms with E-state index in [2.05, 4.69) is 41.3 Å². The number of aryl methyl sites for hydroxylation is 1. The SMILES string of the molecule is Cc1ccc(CN(C)C2CCCNCC2)nc1.Cl. The van der Waals surface area contributed by atoms with Gasteiger partial charge in [0.2, 0.25) is 0 Å². The predicted octanol–water partition coefficient (Wildman–Crippen LogP) is 2.39. The molecule has 1 fully saturated rings. The molecular weight excluding hydrogens is 246 g/mol. The summed E-state index contributed by atoms with van der Waals surface area (Å²) in [5, 5.41) is 3.46. The van der Waals surface area contributed by atoms with Crippen molar-refractivity contribution in [1.82, 2.24) is 15.2 Å². The van der Waals surface area contributed by atoms with Crippen LogP contribution in [0.4, 0.5) is 0 Å². The zero-order valence-electron chi connectivity index (χ0n) is 11.4. The Balaban J connectivity index is 0.00000162. The second-order valence-electron chi connectivity index (χ2n) is 5.08. The first-order valence-corrected chi connectivity index (χ1v) is 6.58. The molecule has 0 spiro atoms. The highest BCUT2D eigenvalue weighted by Crippen LogP contribution is 2.14. The summed E-state index contributed by atoms with van der Waals surface area (Å²) in [6, 6.07) is 4.99. The van der Waals surface area contributed by atoms with Crippen molar-refractivity contribution in [2.24, 2.45) is 0 Å². The Bertz CT molecular complexity index is 331. The fraction of sp³-hybridized carbons (Fsp3) is 0.643. The molecule has 4 heteroatoms. The van der Waals surface area contributed by atoms with Crippen LogP contribution in [0.5, 0.6) is 0 Å². The van der Waals surface area contributed by atoms with Gasteiger partial charge in [0, 0.05) is 18.8 Å². The molecule has 18 heavy (non-hydrogen) atoms. The first kappa shape index (κ1) is 15.4. The molecule has 2 heterocycles. The lowest BCUT2D eigenvalue weighted by Crippen LogP contribution is -2.32. The second kappa shape index (κ2) is 7.72. The average Bonchev–Trinajstić information content (AvgIpc) is 2.61. The molecule has 0 aliphatic carbocycles. The summed E-state index contributed by atoms with van der Waals surface area (Å²) in [5.41, 5.74) is 2.41. The second-order valence-corrected chi connectivity index (χ2v) is 5.08. The maximum atomic E-state index is 4.48. The standard InChI is InChI=1S/C14H23N3.ClH/c1-12-5-6-13(16-10-12)11-17(2)14-4-3-8-15-9-7-14;/h5-6,10,14-15H,3-4,7-9,11H2,1-2H3;1H. The van der Waals surface area contributed by atoms with Crippen LogP contribution in [0.15, 0.2) is 18.3 Å². The van der Waals surface area contributed by atoms with Crippen molar-refractivity contribution in [2.75, 3.05) is 20.1 Å². The van der Waals surface area contributed by atoms with E-state index in [9.17, 15) is 0 Å². The van der Waals surface area contributed by atoms with E-state index in [1.807, 2.05) is 6.20 Å². The number of rotatable bonds is 3. The Hall–Kier alpha value is -0.640. The molecular formula is C14H24ClN3. The minimum Gasteiger partial charge on any atom is -0.317 e. The van der Waals surface area contributed by atoms with Gasteiger partial charge in [-0.1, -0.05) is 6.07 Å². The smallest absolute Gasteiger partial charge is 0.0544 e. The molecule has 1 aliphatic heterocycles. The summed E-state index contributed by atoms with van der Waals surface area (Å²) in [5.74, 6) is 0. The molecule has 0 amide bonds. The lowest BCUT2D eigenvalue weighted by molar-refractivity contribution is 0.214. The van der Waals surface area contributed by atoms with Crippen LogP contribution in [0.3, 0.4) is 0 Å². The average molecular weight is 270 g/mol. The highest BCUT2D eigenvalue weighted by molar-refractivity contribution is 5.85. The van der Waals surface area contributed by atoms with Crippen LogP contribution in [0.1, 0.15) is 30.5 Å². The topological polar surface area (TPSA) is 28.2 Å². The minimum atomic E-state index is 0. The number of nitrogens with zero attached hydrogens (tertiary/aromatic N) is 2. The third-order valence-corrected chi connectivity index (χ3v) is 3.55. The molecule has 0 radical (unpaired) electrons. The van der Waals surface area contributed by atoms with E-state index in [-0.39, 0.29) is 12.4 Å². The third kappa shape index (κ3) is 4.56. The van der Waals surface area contributed by atoms with Gasteiger partial charge >= 0.3 is 0 Å². The first-order valence-electron chi connectivity index (χ1n) is 6.58. The highest BCUT2D eigenvalue weighted by Gasteiger charge is 2.16. The predicted molar refractivity (Wildman–Crippen MR) is 78.2 cm³/mol. The summed E-state index contributed by atoms with van der Waals surface area (Å²) in [6.45, 7) is 5.37. The van der Waals surface area contributed by atoms with Gasteiger partial charge in [-0.25, -0.2) is 0 Å². The number of hydrogen-bond donors (Lipinski definition) is 1. The van der Waals surface area contributed by atoms with Crippen molar-refractivity contribution in [3.05, 3.63) is 29.6 Å². The fourth-order valence-corrected chi connectivity index (χ4v) is 2.42. The van der Waals surface area contributed by atoms with E-state index in [1.165, 1.54) is 37.1 Å². The van der Waals surface area contributed by atoms with Crippen molar-refractivity contribution < 1.29 is 0 Å². The molecule has 1 saturated heterocycles. The van der Waals surface area contributed by atoms with Gasteiger partial charge in [-0.05, 0) is 58.0 Å². The monoisotopic (exact) mass is 269 g/mol. The molecule has 0 saturated carbocycles. The normalized spacial score (nSPS) is 20.3. The van der Waals surface area contributed by atoms with Crippen molar-refractivity contribution in [3.8, 4) is 0 Å². The Labute approximate surface area is 116 Å². The zero-order chi connectivity index (χ0) is 12.1. The highest BCUT2D eigenvalue weighted by atomic mass is 35.5. The molecule has 102 valence electrons. The van der Waals surface area contributed by atoms with Crippen molar-refractivity contribution in [1.29, 1.82) is 0 Å². The van der Waals surface area contributed by atoms with Crippen molar-refractivity contribution in [3.63, 3.8) is 0 Å². The lowest BCUT2D eigenvalue weighted by atomic mass is 10.1. The fourth-order valence-electron chi connectivity index (χ4n) is 2.42. The van der Waals surface area contributed by atoms with Gasteiger partial charge in [0.15, 0.2) is 0 Å². The summed E-state index contributed by atoms with van der Waals surface area (Å²) in [4.78, 5) is 6.93. The van der Waals surface area contributed by atoms with Gasteiger partial charge in [0.1, 0.15) is 0 Å². The van der Waals surface area contributed by atoms with E-state index >= 15 is 0 Å². The van der Waals surface area contributed by atoms with Gasteiger partial charge in [-0.2, -0.15) is 0 Å². The van der Waals surface area contributed by atoms with Gasteiger partial charge in [0.25, 0.3) is 0 Å². The van der Waals surface area contributed by atoms with Gasteiger partial charge in [0.05, 0.1) is 5.69 Å². The van der Waals surface area contributed by atoms with Crippen molar-refractivity contribution in [2.45, 2.75) is 38.8 Å². The summed E-state index contributed by atoms with van der Waals surface area (Å²) in [7, 11) is 2.22. The molecule has 1 atom stereocenters.